The van der Waals surface area contributed by atoms with Gasteiger partial charge in [-0.2, -0.15) is 0 Å². The molecule has 5 aromatic rings. The van der Waals surface area contributed by atoms with Crippen LogP contribution in [0.2, 0.25) is 0 Å². The van der Waals surface area contributed by atoms with Gasteiger partial charge >= 0.3 is 0 Å². The van der Waals surface area contributed by atoms with Crippen molar-refractivity contribution in [3.63, 3.8) is 0 Å². The van der Waals surface area contributed by atoms with Crippen molar-refractivity contribution in [3.05, 3.63) is 96.2 Å². The highest BCUT2D eigenvalue weighted by molar-refractivity contribution is 7.90. The fourth-order valence-corrected chi connectivity index (χ4v) is 6.78. The molecule has 3 N–H and O–H groups in total. The molecule has 3 aromatic carbocycles. The predicted octanol–water partition coefficient (Wildman–Crippen LogP) is 6.27. The summed E-state index contributed by atoms with van der Waals surface area (Å²) in [5.74, 6) is -1.18. The van der Waals surface area contributed by atoms with Gasteiger partial charge in [0.1, 0.15) is 17.2 Å². The molecule has 2 atom stereocenters. The second-order valence-electron chi connectivity index (χ2n) is 10.5. The van der Waals surface area contributed by atoms with Gasteiger partial charge in [0.15, 0.2) is 11.6 Å². The van der Waals surface area contributed by atoms with Crippen LogP contribution in [0.15, 0.2) is 83.9 Å². The Bertz CT molecular complexity index is 1840. The van der Waals surface area contributed by atoms with Gasteiger partial charge in [0, 0.05) is 46.9 Å². The predicted molar refractivity (Wildman–Crippen MR) is 156 cm³/mol. The normalized spacial score (nSPS) is 17.6. The number of nitrogens with zero attached hydrogens (tertiary/aromatic N) is 3. The lowest BCUT2D eigenvalue weighted by atomic mass is 9.91. The fourth-order valence-electron chi connectivity index (χ4n) is 5.40. The third-order valence-electron chi connectivity index (χ3n) is 7.47. The van der Waals surface area contributed by atoms with Gasteiger partial charge in [-0.3, -0.25) is 0 Å². The second-order valence-corrected chi connectivity index (χ2v) is 12.4. The molecule has 0 bridgehead atoms. The van der Waals surface area contributed by atoms with E-state index in [1.54, 1.807) is 12.1 Å². The largest absolute Gasteiger partial charge is 0.367 e. The van der Waals surface area contributed by atoms with E-state index < -0.39 is 21.7 Å². The van der Waals surface area contributed by atoms with Gasteiger partial charge in [0.05, 0.1) is 10.6 Å². The van der Waals surface area contributed by atoms with Crippen LogP contribution >= 0.6 is 0 Å². The van der Waals surface area contributed by atoms with E-state index in [2.05, 4.69) is 5.32 Å². The van der Waals surface area contributed by atoms with Crippen LogP contribution in [0.1, 0.15) is 31.2 Å². The zero-order valence-electron chi connectivity index (χ0n) is 22.4. The maximum Gasteiger partial charge on any atom is 0.268 e. The minimum atomic E-state index is -4.24. The average Bonchev–Trinajstić information content (AvgIpc) is 3.34. The first-order valence-electron chi connectivity index (χ1n) is 13.5. The summed E-state index contributed by atoms with van der Waals surface area (Å²) in [6, 6.07) is 19.5. The van der Waals surface area contributed by atoms with Gasteiger partial charge in [-0.25, -0.2) is 31.1 Å². The first kappa shape index (κ1) is 27.0. The van der Waals surface area contributed by atoms with Crippen LogP contribution in [0.4, 0.5) is 14.6 Å². The van der Waals surface area contributed by atoms with Gasteiger partial charge in [-0.15, -0.1) is 0 Å². The molecule has 1 aliphatic rings. The van der Waals surface area contributed by atoms with Crippen molar-refractivity contribution in [1.29, 1.82) is 0 Å². The number of hydrogen-bond acceptors (Lipinski definition) is 6. The Balaban J connectivity index is 1.55. The Morgan fingerprint density at radius 2 is 1.73 bits per heavy atom. The Morgan fingerprint density at radius 1 is 0.976 bits per heavy atom. The number of nitrogens with one attached hydrogen (secondary N) is 1. The van der Waals surface area contributed by atoms with Crippen LogP contribution in [0.3, 0.4) is 0 Å². The quantitative estimate of drug-likeness (QED) is 0.248. The van der Waals surface area contributed by atoms with Crippen molar-refractivity contribution in [3.8, 4) is 22.6 Å². The summed E-state index contributed by atoms with van der Waals surface area (Å²) >= 11 is 0. The SMILES string of the molecule is Cc1ccc(S(=O)(=O)n2cc(-c3nc(N[C@H]4CCC[C@@H](N)C4)cc(-c4ccccc4)n3)c3cc(F)cc(F)c32)cc1. The summed E-state index contributed by atoms with van der Waals surface area (Å²) < 4.78 is 58.2. The molecule has 0 radical (unpaired) electrons. The maximum atomic E-state index is 15.3. The van der Waals surface area contributed by atoms with Crippen molar-refractivity contribution < 1.29 is 17.2 Å². The Hall–Kier alpha value is -4.15. The first-order chi connectivity index (χ1) is 19.7. The first-order valence-corrected chi connectivity index (χ1v) is 14.9. The maximum absolute atomic E-state index is 15.3. The van der Waals surface area contributed by atoms with Crippen molar-refractivity contribution in [2.24, 2.45) is 5.73 Å². The van der Waals surface area contributed by atoms with Gasteiger partial charge in [0.25, 0.3) is 10.0 Å². The summed E-state index contributed by atoms with van der Waals surface area (Å²) in [5.41, 5.74) is 8.39. The summed E-state index contributed by atoms with van der Waals surface area (Å²) in [4.78, 5) is 9.44. The average molecular weight is 574 g/mol. The molecule has 1 fully saturated rings. The van der Waals surface area contributed by atoms with Crippen LogP contribution in [0.25, 0.3) is 33.5 Å². The Morgan fingerprint density at radius 3 is 2.46 bits per heavy atom. The summed E-state index contributed by atoms with van der Waals surface area (Å²) in [7, 11) is -4.24. The number of aromatic nitrogens is 3. The molecule has 0 aliphatic heterocycles. The number of hydrogen-bond donors (Lipinski definition) is 2. The van der Waals surface area contributed by atoms with E-state index in [1.807, 2.05) is 43.3 Å². The minimum Gasteiger partial charge on any atom is -0.367 e. The third kappa shape index (κ3) is 5.32. The number of anilines is 1. The summed E-state index contributed by atoms with van der Waals surface area (Å²) in [5, 5.41) is 3.52. The zero-order valence-corrected chi connectivity index (χ0v) is 23.2. The van der Waals surface area contributed by atoms with E-state index in [0.29, 0.717) is 17.6 Å². The number of rotatable bonds is 6. The molecule has 1 saturated carbocycles. The molecule has 210 valence electrons. The molecular formula is C31H29F2N5O2S. The van der Waals surface area contributed by atoms with Gasteiger partial charge in [-0.1, -0.05) is 48.0 Å². The van der Waals surface area contributed by atoms with E-state index in [1.165, 1.54) is 18.3 Å². The second kappa shape index (κ2) is 10.7. The van der Waals surface area contributed by atoms with Crippen LogP contribution in [-0.2, 0) is 10.0 Å². The van der Waals surface area contributed by atoms with Gasteiger partial charge in [-0.05, 0) is 50.8 Å². The fraction of sp³-hybridized carbons (Fsp3) is 0.226. The lowest BCUT2D eigenvalue weighted by Crippen LogP contribution is -2.35. The molecule has 10 heteroatoms. The molecule has 0 unspecified atom stereocenters. The van der Waals surface area contributed by atoms with Crippen molar-refractivity contribution in [2.75, 3.05) is 5.32 Å². The standard InChI is InChI=1S/C31H29F2N5O2S/c1-19-10-12-24(13-11-19)41(39,40)38-18-26(25-14-21(32)15-27(33)30(25)38)31-36-28(20-6-3-2-4-7-20)17-29(37-31)35-23-9-5-8-22(34)16-23/h2-4,6-7,10-15,17-18,22-23H,5,8-9,16,34H2,1H3,(H,35,36,37)/t22-,23+/m1/s1. The molecule has 0 spiro atoms. The van der Waals surface area contributed by atoms with E-state index in [0.717, 1.165) is 46.8 Å². The van der Waals surface area contributed by atoms with Crippen LogP contribution in [0.5, 0.6) is 0 Å². The third-order valence-corrected chi connectivity index (χ3v) is 9.14. The number of nitrogens with two attached hydrogens (primary N) is 1. The number of fused-ring (bicyclic) bond motifs is 1. The Labute approximate surface area is 237 Å². The molecule has 0 saturated heterocycles. The number of halogens is 2. The highest BCUT2D eigenvalue weighted by atomic mass is 32.2. The molecule has 2 aromatic heterocycles. The summed E-state index contributed by atoms with van der Waals surface area (Å²) in [6.45, 7) is 1.84. The topological polar surface area (TPSA) is 103 Å². The Kier molecular flexibility index (Phi) is 7.04. The summed E-state index contributed by atoms with van der Waals surface area (Å²) in [6.07, 6.45) is 4.94. The lowest BCUT2D eigenvalue weighted by molar-refractivity contribution is 0.409. The molecule has 1 aliphatic carbocycles. The highest BCUT2D eigenvalue weighted by Gasteiger charge is 2.27. The van der Waals surface area contributed by atoms with Gasteiger partial charge in [0.2, 0.25) is 0 Å². The monoisotopic (exact) mass is 573 g/mol. The molecule has 41 heavy (non-hydrogen) atoms. The highest BCUT2D eigenvalue weighted by Crippen LogP contribution is 2.35. The van der Waals surface area contributed by atoms with Gasteiger partial charge < -0.3 is 11.1 Å². The van der Waals surface area contributed by atoms with E-state index in [9.17, 15) is 12.8 Å². The van der Waals surface area contributed by atoms with Crippen molar-refractivity contribution in [2.45, 2.75) is 49.6 Å². The van der Waals surface area contributed by atoms with Crippen molar-refractivity contribution >= 4 is 26.7 Å². The van der Waals surface area contributed by atoms with E-state index >= 15 is 4.39 Å². The molecular weight excluding hydrogens is 544 g/mol. The number of aryl methyl sites for hydroxylation is 1. The van der Waals surface area contributed by atoms with E-state index in [-0.39, 0.29) is 39.3 Å². The lowest BCUT2D eigenvalue weighted by Gasteiger charge is -2.28. The van der Waals surface area contributed by atoms with Crippen LogP contribution in [0, 0.1) is 18.6 Å². The minimum absolute atomic E-state index is 0.0229. The van der Waals surface area contributed by atoms with E-state index in [4.69, 9.17) is 15.7 Å². The molecule has 0 amide bonds. The zero-order chi connectivity index (χ0) is 28.7. The van der Waals surface area contributed by atoms with Crippen LogP contribution < -0.4 is 11.1 Å². The van der Waals surface area contributed by atoms with Crippen molar-refractivity contribution in [1.82, 2.24) is 13.9 Å². The van der Waals surface area contributed by atoms with Crippen LogP contribution in [-0.4, -0.2) is 34.4 Å². The number of benzene rings is 3. The molecule has 2 heterocycles. The smallest absolute Gasteiger partial charge is 0.268 e. The molecule has 6 rings (SSSR count). The molecule has 7 nitrogen and oxygen atoms in total.